The lowest BCUT2D eigenvalue weighted by Crippen LogP contribution is -2.41. The smallest absolute Gasteiger partial charge is 0.325 e. The third kappa shape index (κ3) is 3.86. The molecule has 1 aromatic carbocycles. The Morgan fingerprint density at radius 1 is 1.18 bits per heavy atom. The summed E-state index contributed by atoms with van der Waals surface area (Å²) in [7, 11) is 1.63. The van der Waals surface area contributed by atoms with Gasteiger partial charge in [0.25, 0.3) is 5.91 Å². The molecule has 1 saturated heterocycles. The van der Waals surface area contributed by atoms with Crippen LogP contribution in [0, 0.1) is 13.8 Å². The maximum Gasteiger partial charge on any atom is 0.325 e. The monoisotopic (exact) mass is 455 g/mol. The Labute approximate surface area is 192 Å². The average molecular weight is 456 g/mol. The molecule has 176 valence electrons. The lowest BCUT2D eigenvalue weighted by molar-refractivity contribution is -0.130. The number of carbonyl (C=O) groups excluding carboxylic acids is 3. The minimum absolute atomic E-state index is 0.0479. The van der Waals surface area contributed by atoms with Gasteiger partial charge in [-0.05, 0) is 51.5 Å². The van der Waals surface area contributed by atoms with Crippen LogP contribution in [-0.2, 0) is 15.1 Å². The van der Waals surface area contributed by atoms with Crippen molar-refractivity contribution in [2.45, 2.75) is 39.3 Å². The van der Waals surface area contributed by atoms with Crippen LogP contribution in [0.3, 0.4) is 0 Å². The number of hydrogen-bond acceptors (Lipinski definition) is 6. The fourth-order valence-electron chi connectivity index (χ4n) is 4.67. The molecular weight excluding hydrogens is 426 g/mol. The van der Waals surface area contributed by atoms with E-state index in [1.54, 1.807) is 38.3 Å². The molecule has 0 unspecified atom stereocenters. The maximum absolute atomic E-state index is 13.3. The topological polar surface area (TPSA) is 99.1 Å². The second-order valence-corrected chi connectivity index (χ2v) is 8.69. The van der Waals surface area contributed by atoms with Crippen molar-refractivity contribution in [3.63, 3.8) is 0 Å². The molecule has 2 aliphatic rings. The van der Waals surface area contributed by atoms with Gasteiger partial charge in [-0.2, -0.15) is 0 Å². The molecule has 3 amide bonds. The van der Waals surface area contributed by atoms with E-state index in [4.69, 9.17) is 14.2 Å². The van der Waals surface area contributed by atoms with E-state index >= 15 is 0 Å². The summed E-state index contributed by atoms with van der Waals surface area (Å²) in [6, 6.07) is 6.38. The zero-order valence-corrected chi connectivity index (χ0v) is 19.6. The molecule has 1 fully saturated rings. The summed E-state index contributed by atoms with van der Waals surface area (Å²) < 4.78 is 18.4. The predicted octanol–water partition coefficient (Wildman–Crippen LogP) is 2.73. The molecule has 0 saturated carbocycles. The van der Waals surface area contributed by atoms with Crippen molar-refractivity contribution in [2.75, 3.05) is 33.5 Å². The SMILES string of the molecule is COC[C@H](C)n1c(C)cc(C(=O)CN2C(=O)N[C@@](C)(c3ccc4c(c3)OCCO4)C2=O)c1C. The summed E-state index contributed by atoms with van der Waals surface area (Å²) in [5, 5.41) is 2.74. The number of ketones is 1. The van der Waals surface area contributed by atoms with Gasteiger partial charge in [-0.15, -0.1) is 0 Å². The van der Waals surface area contributed by atoms with Crippen molar-refractivity contribution >= 4 is 17.7 Å². The highest BCUT2D eigenvalue weighted by molar-refractivity contribution is 6.11. The van der Waals surface area contributed by atoms with Crippen LogP contribution in [0.1, 0.15) is 47.2 Å². The number of Topliss-reactive ketones (excluding diaryl/α,β-unsaturated/α-hetero) is 1. The van der Waals surface area contributed by atoms with Crippen molar-refractivity contribution < 1.29 is 28.6 Å². The van der Waals surface area contributed by atoms with Crippen molar-refractivity contribution in [2.24, 2.45) is 0 Å². The van der Waals surface area contributed by atoms with Crippen LogP contribution in [0.2, 0.25) is 0 Å². The van der Waals surface area contributed by atoms with Crippen molar-refractivity contribution in [1.29, 1.82) is 0 Å². The number of urea groups is 1. The van der Waals surface area contributed by atoms with Gasteiger partial charge < -0.3 is 24.1 Å². The van der Waals surface area contributed by atoms with Gasteiger partial charge in [0.1, 0.15) is 18.8 Å². The van der Waals surface area contributed by atoms with Gasteiger partial charge >= 0.3 is 6.03 Å². The number of fused-ring (bicyclic) bond motifs is 1. The zero-order valence-electron chi connectivity index (χ0n) is 19.6. The van der Waals surface area contributed by atoms with E-state index in [1.807, 2.05) is 25.3 Å². The standard InChI is InChI=1S/C24H29N3O6/c1-14-10-18(16(3)27(14)15(2)13-31-5)19(28)12-26-22(29)24(4,25-23(26)30)17-6-7-20-21(11-17)33-9-8-32-20/h6-7,10-11,15H,8-9,12-13H2,1-5H3,(H,25,30)/t15-,24-/m0/s1. The molecular formula is C24H29N3O6. The molecule has 33 heavy (non-hydrogen) atoms. The van der Waals surface area contributed by atoms with E-state index in [-0.39, 0.29) is 18.4 Å². The van der Waals surface area contributed by atoms with E-state index in [1.165, 1.54) is 0 Å². The van der Waals surface area contributed by atoms with Crippen LogP contribution >= 0.6 is 0 Å². The third-order valence-electron chi connectivity index (χ3n) is 6.33. The zero-order chi connectivity index (χ0) is 23.9. The van der Waals surface area contributed by atoms with E-state index in [0.717, 1.165) is 16.3 Å². The highest BCUT2D eigenvalue weighted by atomic mass is 16.6. The van der Waals surface area contributed by atoms with Gasteiger partial charge in [-0.1, -0.05) is 6.07 Å². The van der Waals surface area contributed by atoms with Crippen molar-refractivity contribution in [1.82, 2.24) is 14.8 Å². The molecule has 1 N–H and O–H groups in total. The molecule has 9 heteroatoms. The Kier molecular flexibility index (Phi) is 5.92. The first kappa shape index (κ1) is 22.8. The van der Waals surface area contributed by atoms with Crippen LogP contribution in [0.25, 0.3) is 0 Å². The molecule has 1 aromatic heterocycles. The van der Waals surface area contributed by atoms with E-state index < -0.39 is 17.5 Å². The Balaban J connectivity index is 1.57. The minimum atomic E-state index is -1.31. The number of hydrogen-bond donors (Lipinski definition) is 1. The number of carbonyl (C=O) groups is 3. The number of imide groups is 1. The quantitative estimate of drug-likeness (QED) is 0.509. The van der Waals surface area contributed by atoms with E-state index in [0.29, 0.717) is 42.4 Å². The van der Waals surface area contributed by atoms with Crippen LogP contribution in [-0.4, -0.2) is 60.7 Å². The molecule has 0 aliphatic carbocycles. The Hall–Kier alpha value is -3.33. The molecule has 0 spiro atoms. The number of aryl methyl sites for hydroxylation is 1. The number of nitrogens with one attached hydrogen (secondary N) is 1. The lowest BCUT2D eigenvalue weighted by Gasteiger charge is -2.25. The lowest BCUT2D eigenvalue weighted by atomic mass is 9.91. The Bertz CT molecular complexity index is 1120. The molecule has 2 aliphatic heterocycles. The van der Waals surface area contributed by atoms with Crippen LogP contribution in [0.4, 0.5) is 4.79 Å². The van der Waals surface area contributed by atoms with Gasteiger partial charge in [0, 0.05) is 24.1 Å². The van der Waals surface area contributed by atoms with E-state index in [2.05, 4.69) is 5.32 Å². The summed E-state index contributed by atoms with van der Waals surface area (Å²) in [5.74, 6) is 0.331. The first-order valence-electron chi connectivity index (χ1n) is 10.9. The molecule has 0 bridgehead atoms. The van der Waals surface area contributed by atoms with Gasteiger partial charge in [0.05, 0.1) is 19.2 Å². The molecule has 9 nitrogen and oxygen atoms in total. The first-order chi connectivity index (χ1) is 15.7. The van der Waals surface area contributed by atoms with Gasteiger partial charge in [0.15, 0.2) is 17.3 Å². The Morgan fingerprint density at radius 3 is 2.58 bits per heavy atom. The molecule has 0 radical (unpaired) electrons. The molecule has 3 heterocycles. The molecule has 2 atom stereocenters. The molecule has 2 aromatic rings. The predicted molar refractivity (Wildman–Crippen MR) is 120 cm³/mol. The number of ether oxygens (including phenoxy) is 3. The number of benzene rings is 1. The Morgan fingerprint density at radius 2 is 1.88 bits per heavy atom. The summed E-state index contributed by atoms with van der Waals surface area (Å²) in [5.41, 5.74) is 1.44. The average Bonchev–Trinajstić information content (AvgIpc) is 3.21. The van der Waals surface area contributed by atoms with Crippen LogP contribution in [0.5, 0.6) is 11.5 Å². The van der Waals surface area contributed by atoms with Crippen LogP contribution < -0.4 is 14.8 Å². The summed E-state index contributed by atoms with van der Waals surface area (Å²) in [6.07, 6.45) is 0. The van der Waals surface area contributed by atoms with Crippen molar-refractivity contribution in [3.8, 4) is 11.5 Å². The number of aromatic nitrogens is 1. The van der Waals surface area contributed by atoms with Gasteiger partial charge in [0.2, 0.25) is 0 Å². The fourth-order valence-corrected chi connectivity index (χ4v) is 4.67. The number of rotatable bonds is 7. The summed E-state index contributed by atoms with van der Waals surface area (Å²) in [6.45, 7) is 8.45. The summed E-state index contributed by atoms with van der Waals surface area (Å²) in [4.78, 5) is 40.2. The largest absolute Gasteiger partial charge is 0.486 e. The van der Waals surface area contributed by atoms with Crippen LogP contribution in [0.15, 0.2) is 24.3 Å². The maximum atomic E-state index is 13.3. The highest BCUT2D eigenvalue weighted by Gasteiger charge is 2.50. The number of nitrogens with zero attached hydrogens (tertiary/aromatic N) is 2. The van der Waals surface area contributed by atoms with Gasteiger partial charge in [-0.25, -0.2) is 4.79 Å². The number of methoxy groups -OCH3 is 1. The second-order valence-electron chi connectivity index (χ2n) is 8.69. The normalized spacial score (nSPS) is 20.7. The van der Waals surface area contributed by atoms with E-state index in [9.17, 15) is 14.4 Å². The third-order valence-corrected chi connectivity index (χ3v) is 6.33. The minimum Gasteiger partial charge on any atom is -0.486 e. The second kappa shape index (κ2) is 8.55. The summed E-state index contributed by atoms with van der Waals surface area (Å²) >= 11 is 0. The number of amides is 3. The van der Waals surface area contributed by atoms with Crippen molar-refractivity contribution in [3.05, 3.63) is 46.8 Å². The molecule has 4 rings (SSSR count). The fraction of sp³-hybridized carbons (Fsp3) is 0.458. The van der Waals surface area contributed by atoms with Gasteiger partial charge in [-0.3, -0.25) is 14.5 Å². The first-order valence-corrected chi connectivity index (χ1v) is 10.9. The highest BCUT2D eigenvalue weighted by Crippen LogP contribution is 2.37.